The highest BCUT2D eigenvalue weighted by atomic mass is 35.5. The van der Waals surface area contributed by atoms with Gasteiger partial charge in [-0.05, 0) is 12.5 Å². The van der Waals surface area contributed by atoms with Crippen LogP contribution in [0.5, 0.6) is 0 Å². The molecule has 0 fully saturated rings. The van der Waals surface area contributed by atoms with E-state index in [0.29, 0.717) is 5.15 Å². The minimum atomic E-state index is 0.513. The van der Waals surface area contributed by atoms with Gasteiger partial charge in [0.15, 0.2) is 5.16 Å². The largest absolute Gasteiger partial charge is 0.231 e. The molecule has 0 N–H and O–H groups in total. The first kappa shape index (κ1) is 8.81. The van der Waals surface area contributed by atoms with E-state index in [1.807, 2.05) is 0 Å². The summed E-state index contributed by atoms with van der Waals surface area (Å²) in [4.78, 5) is 8.07. The number of hydrogen-bond acceptors (Lipinski definition) is 3. The number of rotatable bonds is 3. The van der Waals surface area contributed by atoms with Gasteiger partial charge in [0.1, 0.15) is 5.15 Å². The highest BCUT2D eigenvalue weighted by Gasteiger charge is 1.95. The van der Waals surface area contributed by atoms with Crippen LogP contribution in [0.25, 0.3) is 0 Å². The third-order valence-corrected chi connectivity index (χ3v) is 2.31. The zero-order chi connectivity index (χ0) is 8.10. The lowest BCUT2D eigenvalue weighted by Gasteiger charge is -1.96. The molecule has 0 aliphatic carbocycles. The minimum absolute atomic E-state index is 0.513. The van der Waals surface area contributed by atoms with Gasteiger partial charge in [-0.1, -0.05) is 30.3 Å². The molecule has 0 atom stereocenters. The second kappa shape index (κ2) is 4.57. The maximum absolute atomic E-state index is 5.66. The van der Waals surface area contributed by atoms with Gasteiger partial charge in [0.25, 0.3) is 0 Å². The van der Waals surface area contributed by atoms with Crippen molar-refractivity contribution in [3.05, 3.63) is 17.4 Å². The van der Waals surface area contributed by atoms with Gasteiger partial charge in [-0.2, -0.15) is 0 Å². The summed E-state index contributed by atoms with van der Waals surface area (Å²) in [5.74, 6) is 1.04. The lowest BCUT2D eigenvalue weighted by molar-refractivity contribution is 0.962. The van der Waals surface area contributed by atoms with Gasteiger partial charge >= 0.3 is 0 Å². The van der Waals surface area contributed by atoms with Crippen LogP contribution in [0.4, 0.5) is 0 Å². The zero-order valence-electron chi connectivity index (χ0n) is 6.25. The van der Waals surface area contributed by atoms with E-state index in [4.69, 9.17) is 11.6 Å². The Morgan fingerprint density at radius 1 is 1.64 bits per heavy atom. The lowest BCUT2D eigenvalue weighted by atomic mass is 10.6. The Hall–Kier alpha value is -0.280. The Labute approximate surface area is 75.4 Å². The Morgan fingerprint density at radius 3 is 3.09 bits per heavy atom. The van der Waals surface area contributed by atoms with Gasteiger partial charge in [0, 0.05) is 11.9 Å². The molecule has 0 saturated heterocycles. The third-order valence-electron chi connectivity index (χ3n) is 1.03. The van der Waals surface area contributed by atoms with Crippen molar-refractivity contribution in [1.82, 2.24) is 9.97 Å². The molecule has 0 aromatic carbocycles. The lowest BCUT2D eigenvalue weighted by Crippen LogP contribution is -1.86. The molecular formula is C7H9ClN2S. The van der Waals surface area contributed by atoms with Gasteiger partial charge in [-0.25, -0.2) is 9.97 Å². The highest BCUT2D eigenvalue weighted by Crippen LogP contribution is 2.14. The average molecular weight is 189 g/mol. The molecule has 0 aliphatic rings. The van der Waals surface area contributed by atoms with Gasteiger partial charge in [0.05, 0.1) is 0 Å². The highest BCUT2D eigenvalue weighted by molar-refractivity contribution is 7.99. The minimum Gasteiger partial charge on any atom is -0.231 e. The van der Waals surface area contributed by atoms with Crippen LogP contribution >= 0.6 is 23.4 Å². The van der Waals surface area contributed by atoms with Crippen molar-refractivity contribution in [2.75, 3.05) is 5.75 Å². The molecule has 4 heteroatoms. The quantitative estimate of drug-likeness (QED) is 0.414. The second-order valence-electron chi connectivity index (χ2n) is 2.01. The molecule has 0 spiro atoms. The van der Waals surface area contributed by atoms with E-state index in [9.17, 15) is 0 Å². The molecule has 1 rings (SSSR count). The summed E-state index contributed by atoms with van der Waals surface area (Å²) in [7, 11) is 0. The summed E-state index contributed by atoms with van der Waals surface area (Å²) in [6, 6.07) is 1.68. The fraction of sp³-hybridized carbons (Fsp3) is 0.429. The number of thioether (sulfide) groups is 1. The first-order valence-electron chi connectivity index (χ1n) is 3.44. The van der Waals surface area contributed by atoms with E-state index in [0.717, 1.165) is 17.3 Å². The van der Waals surface area contributed by atoms with Crippen molar-refractivity contribution in [3.8, 4) is 0 Å². The van der Waals surface area contributed by atoms with Crippen LogP contribution < -0.4 is 0 Å². The topological polar surface area (TPSA) is 25.8 Å². The van der Waals surface area contributed by atoms with Crippen LogP contribution in [0.1, 0.15) is 13.3 Å². The molecular weight excluding hydrogens is 180 g/mol. The van der Waals surface area contributed by atoms with E-state index >= 15 is 0 Å². The van der Waals surface area contributed by atoms with Crippen LogP contribution in [0.2, 0.25) is 5.15 Å². The Balaban J connectivity index is 2.56. The maximum atomic E-state index is 5.66. The summed E-state index contributed by atoms with van der Waals surface area (Å²) in [5.41, 5.74) is 0. The molecule has 11 heavy (non-hydrogen) atoms. The van der Waals surface area contributed by atoms with Gasteiger partial charge in [-0.3, -0.25) is 0 Å². The Kier molecular flexibility index (Phi) is 3.66. The van der Waals surface area contributed by atoms with Crippen LogP contribution in [0, 0.1) is 0 Å². The SMILES string of the molecule is CCCSc1nccc(Cl)n1. The normalized spacial score (nSPS) is 10.0. The predicted octanol–water partition coefficient (Wildman–Crippen LogP) is 2.63. The number of aromatic nitrogens is 2. The van der Waals surface area contributed by atoms with Crippen molar-refractivity contribution in [2.24, 2.45) is 0 Å². The Morgan fingerprint density at radius 2 is 2.45 bits per heavy atom. The summed E-state index contributed by atoms with van der Waals surface area (Å²) in [5, 5.41) is 1.28. The standard InChI is InChI=1S/C7H9ClN2S/c1-2-5-11-7-9-4-3-6(8)10-7/h3-4H,2,5H2,1H3. The van der Waals surface area contributed by atoms with E-state index in [2.05, 4.69) is 16.9 Å². The summed E-state index contributed by atoms with van der Waals surface area (Å²) < 4.78 is 0. The second-order valence-corrected chi connectivity index (χ2v) is 3.46. The van der Waals surface area contributed by atoms with Crippen molar-refractivity contribution in [1.29, 1.82) is 0 Å². The average Bonchev–Trinajstić information content (AvgIpc) is 2.01. The van der Waals surface area contributed by atoms with E-state index in [1.165, 1.54) is 0 Å². The van der Waals surface area contributed by atoms with Crippen molar-refractivity contribution in [3.63, 3.8) is 0 Å². The van der Waals surface area contributed by atoms with Crippen LogP contribution in [0.15, 0.2) is 17.4 Å². The first-order valence-corrected chi connectivity index (χ1v) is 4.80. The van der Waals surface area contributed by atoms with E-state index < -0.39 is 0 Å². The molecule has 0 amide bonds. The van der Waals surface area contributed by atoms with Gasteiger partial charge < -0.3 is 0 Å². The summed E-state index contributed by atoms with van der Waals surface area (Å²) >= 11 is 7.29. The molecule has 1 aromatic rings. The molecule has 0 radical (unpaired) electrons. The monoisotopic (exact) mass is 188 g/mol. The van der Waals surface area contributed by atoms with Crippen LogP contribution in [0.3, 0.4) is 0 Å². The summed E-state index contributed by atoms with van der Waals surface area (Å²) in [6.07, 6.45) is 2.80. The fourth-order valence-corrected chi connectivity index (χ4v) is 1.45. The first-order chi connectivity index (χ1) is 5.33. The number of halogens is 1. The maximum Gasteiger partial charge on any atom is 0.188 e. The van der Waals surface area contributed by atoms with Crippen LogP contribution in [-0.2, 0) is 0 Å². The predicted molar refractivity (Wildman–Crippen MR) is 48.1 cm³/mol. The third kappa shape index (κ3) is 3.08. The van der Waals surface area contributed by atoms with E-state index in [1.54, 1.807) is 24.0 Å². The summed E-state index contributed by atoms with van der Waals surface area (Å²) in [6.45, 7) is 2.12. The molecule has 1 aromatic heterocycles. The van der Waals surface area contributed by atoms with Crippen molar-refractivity contribution in [2.45, 2.75) is 18.5 Å². The van der Waals surface area contributed by atoms with Crippen molar-refractivity contribution >= 4 is 23.4 Å². The zero-order valence-corrected chi connectivity index (χ0v) is 7.82. The molecule has 0 bridgehead atoms. The van der Waals surface area contributed by atoms with E-state index in [-0.39, 0.29) is 0 Å². The van der Waals surface area contributed by atoms with Gasteiger partial charge in [-0.15, -0.1) is 0 Å². The molecule has 2 nitrogen and oxygen atoms in total. The molecule has 1 heterocycles. The molecule has 60 valence electrons. The molecule has 0 unspecified atom stereocenters. The van der Waals surface area contributed by atoms with Crippen molar-refractivity contribution < 1.29 is 0 Å². The molecule has 0 aliphatic heterocycles. The number of nitrogens with zero attached hydrogens (tertiary/aromatic N) is 2. The number of hydrogen-bond donors (Lipinski definition) is 0. The fourth-order valence-electron chi connectivity index (χ4n) is 0.583. The van der Waals surface area contributed by atoms with Crippen LogP contribution in [-0.4, -0.2) is 15.7 Å². The Bertz CT molecular complexity index is 229. The smallest absolute Gasteiger partial charge is 0.188 e. The van der Waals surface area contributed by atoms with Gasteiger partial charge in [0.2, 0.25) is 0 Å². The molecule has 0 saturated carbocycles.